The van der Waals surface area contributed by atoms with Gasteiger partial charge in [-0.2, -0.15) is 4.31 Å². The number of amides is 1. The van der Waals surface area contributed by atoms with Crippen molar-refractivity contribution >= 4 is 32.4 Å². The monoisotopic (exact) mass is 318 g/mol. The molecule has 0 aromatic carbocycles. The van der Waals surface area contributed by atoms with Crippen LogP contribution in [0.4, 0.5) is 5.13 Å². The molecule has 0 bridgehead atoms. The summed E-state index contributed by atoms with van der Waals surface area (Å²) in [4.78, 5) is 11.3. The van der Waals surface area contributed by atoms with Gasteiger partial charge in [0.05, 0.1) is 0 Å². The lowest BCUT2D eigenvalue weighted by Crippen LogP contribution is -2.39. The molecule has 0 aliphatic carbocycles. The van der Waals surface area contributed by atoms with Crippen molar-refractivity contribution < 1.29 is 13.2 Å². The summed E-state index contributed by atoms with van der Waals surface area (Å²) in [5, 5.41) is 10.2. The topological polar surface area (TPSA) is 92.3 Å². The van der Waals surface area contributed by atoms with Gasteiger partial charge in [0.2, 0.25) is 15.4 Å². The standard InChI is InChI=1S/C11H18N4O3S2/c1-3-9(16)12-10-13-14-11(19-10)20(17,18)15-6-4-5-8(2)7-15/h8H,3-7H2,1-2H3,(H,12,13,16). The van der Waals surface area contributed by atoms with E-state index in [-0.39, 0.29) is 15.4 Å². The number of piperidine rings is 1. The SMILES string of the molecule is CCC(=O)Nc1nnc(S(=O)(=O)N2CCCC(C)C2)s1. The van der Waals surface area contributed by atoms with Crippen molar-refractivity contribution in [1.82, 2.24) is 14.5 Å². The molecule has 1 aliphatic heterocycles. The number of carbonyl (C=O) groups excluding carboxylic acids is 1. The second-order valence-corrected chi connectivity index (χ2v) is 7.97. The van der Waals surface area contributed by atoms with Crippen molar-refractivity contribution in [3.8, 4) is 0 Å². The summed E-state index contributed by atoms with van der Waals surface area (Å²) in [5.74, 6) is 0.141. The summed E-state index contributed by atoms with van der Waals surface area (Å²) >= 11 is 0.895. The molecular weight excluding hydrogens is 300 g/mol. The van der Waals surface area contributed by atoms with Gasteiger partial charge in [0.25, 0.3) is 10.0 Å². The normalized spacial score (nSPS) is 20.8. The first kappa shape index (κ1) is 15.3. The summed E-state index contributed by atoms with van der Waals surface area (Å²) in [6, 6.07) is 0. The highest BCUT2D eigenvalue weighted by Gasteiger charge is 2.31. The van der Waals surface area contributed by atoms with Crippen LogP contribution in [-0.4, -0.2) is 41.9 Å². The first-order chi connectivity index (χ1) is 9.43. The number of hydrogen-bond acceptors (Lipinski definition) is 6. The number of sulfonamides is 1. The number of anilines is 1. The van der Waals surface area contributed by atoms with E-state index < -0.39 is 10.0 Å². The molecule has 112 valence electrons. The van der Waals surface area contributed by atoms with Gasteiger partial charge < -0.3 is 5.32 Å². The van der Waals surface area contributed by atoms with Crippen molar-refractivity contribution in [1.29, 1.82) is 0 Å². The number of carbonyl (C=O) groups is 1. The van der Waals surface area contributed by atoms with E-state index in [4.69, 9.17) is 0 Å². The molecule has 1 unspecified atom stereocenters. The van der Waals surface area contributed by atoms with Crippen LogP contribution in [-0.2, 0) is 14.8 Å². The zero-order valence-corrected chi connectivity index (χ0v) is 13.1. The minimum Gasteiger partial charge on any atom is -0.301 e. The van der Waals surface area contributed by atoms with Crippen molar-refractivity contribution in [2.75, 3.05) is 18.4 Å². The minimum absolute atomic E-state index is 0.0574. The Balaban J connectivity index is 2.15. The third-order valence-corrected chi connectivity index (χ3v) is 6.20. The molecule has 9 heteroatoms. The smallest absolute Gasteiger partial charge is 0.272 e. The second-order valence-electron chi connectivity index (χ2n) is 4.89. The lowest BCUT2D eigenvalue weighted by molar-refractivity contribution is -0.115. The molecule has 2 rings (SSSR count). The molecule has 1 aromatic heterocycles. The second kappa shape index (κ2) is 6.15. The molecular formula is C11H18N4O3S2. The van der Waals surface area contributed by atoms with E-state index in [0.29, 0.717) is 25.4 Å². The molecule has 0 spiro atoms. The fourth-order valence-electron chi connectivity index (χ4n) is 2.05. The molecule has 1 N–H and O–H groups in total. The lowest BCUT2D eigenvalue weighted by Gasteiger charge is -2.28. The van der Waals surface area contributed by atoms with Crippen LogP contribution < -0.4 is 5.32 Å². The molecule has 0 radical (unpaired) electrons. The largest absolute Gasteiger partial charge is 0.301 e. The Bertz CT molecular complexity index is 584. The highest BCUT2D eigenvalue weighted by atomic mass is 32.2. The zero-order valence-electron chi connectivity index (χ0n) is 11.5. The molecule has 1 aliphatic rings. The van der Waals surface area contributed by atoms with E-state index >= 15 is 0 Å². The Hall–Kier alpha value is -1.06. The first-order valence-electron chi connectivity index (χ1n) is 6.57. The minimum atomic E-state index is -3.59. The van der Waals surface area contributed by atoms with Crippen molar-refractivity contribution in [3.63, 3.8) is 0 Å². The van der Waals surface area contributed by atoms with Gasteiger partial charge in [-0.1, -0.05) is 25.2 Å². The van der Waals surface area contributed by atoms with Gasteiger partial charge in [-0.25, -0.2) is 8.42 Å². The van der Waals surface area contributed by atoms with Crippen LogP contribution in [0.3, 0.4) is 0 Å². The van der Waals surface area contributed by atoms with Gasteiger partial charge in [0.15, 0.2) is 0 Å². The van der Waals surface area contributed by atoms with Gasteiger partial charge in [-0.3, -0.25) is 4.79 Å². The van der Waals surface area contributed by atoms with E-state index in [2.05, 4.69) is 15.5 Å². The fraction of sp³-hybridized carbons (Fsp3) is 0.727. The molecule has 1 saturated heterocycles. The maximum absolute atomic E-state index is 12.4. The van der Waals surface area contributed by atoms with Crippen LogP contribution in [0, 0.1) is 5.92 Å². The molecule has 1 aromatic rings. The van der Waals surface area contributed by atoms with Crippen molar-refractivity contribution in [3.05, 3.63) is 0 Å². The first-order valence-corrected chi connectivity index (χ1v) is 8.82. The van der Waals surface area contributed by atoms with Gasteiger partial charge in [0.1, 0.15) is 0 Å². The molecule has 20 heavy (non-hydrogen) atoms. The number of aromatic nitrogens is 2. The van der Waals surface area contributed by atoms with Gasteiger partial charge in [0, 0.05) is 19.5 Å². The lowest BCUT2D eigenvalue weighted by atomic mass is 10.0. The van der Waals surface area contributed by atoms with Gasteiger partial charge in [-0.05, 0) is 18.8 Å². The molecule has 1 fully saturated rings. The predicted molar refractivity (Wildman–Crippen MR) is 76.0 cm³/mol. The van der Waals surface area contributed by atoms with E-state index in [1.54, 1.807) is 6.92 Å². The highest BCUT2D eigenvalue weighted by Crippen LogP contribution is 2.27. The number of rotatable bonds is 4. The highest BCUT2D eigenvalue weighted by molar-refractivity contribution is 7.91. The zero-order chi connectivity index (χ0) is 14.8. The van der Waals surface area contributed by atoms with E-state index in [1.807, 2.05) is 6.92 Å². The maximum Gasteiger partial charge on any atom is 0.272 e. The summed E-state index contributed by atoms with van der Waals surface area (Å²) in [5.41, 5.74) is 0. The van der Waals surface area contributed by atoms with E-state index in [9.17, 15) is 13.2 Å². The Kier molecular flexibility index (Phi) is 4.71. The van der Waals surface area contributed by atoms with Crippen LogP contribution in [0.5, 0.6) is 0 Å². The predicted octanol–water partition coefficient (Wildman–Crippen LogP) is 1.31. The Morgan fingerprint density at radius 1 is 1.50 bits per heavy atom. The summed E-state index contributed by atoms with van der Waals surface area (Å²) in [6.45, 7) is 4.78. The molecule has 1 atom stereocenters. The van der Waals surface area contributed by atoms with Gasteiger partial charge >= 0.3 is 0 Å². The summed E-state index contributed by atoms with van der Waals surface area (Å²) in [6.07, 6.45) is 2.21. The summed E-state index contributed by atoms with van der Waals surface area (Å²) in [7, 11) is -3.59. The molecule has 1 amide bonds. The van der Waals surface area contributed by atoms with E-state index in [1.165, 1.54) is 4.31 Å². The average molecular weight is 318 g/mol. The third-order valence-electron chi connectivity index (χ3n) is 3.15. The van der Waals surface area contributed by atoms with E-state index in [0.717, 1.165) is 24.2 Å². The Morgan fingerprint density at radius 2 is 2.25 bits per heavy atom. The van der Waals surface area contributed by atoms with Crippen molar-refractivity contribution in [2.24, 2.45) is 5.92 Å². The van der Waals surface area contributed by atoms with Crippen LogP contribution in [0.15, 0.2) is 4.34 Å². The van der Waals surface area contributed by atoms with Crippen LogP contribution in [0.1, 0.15) is 33.1 Å². The molecule has 7 nitrogen and oxygen atoms in total. The van der Waals surface area contributed by atoms with Gasteiger partial charge in [-0.15, -0.1) is 10.2 Å². The van der Waals surface area contributed by atoms with Crippen LogP contribution >= 0.6 is 11.3 Å². The molecule has 0 saturated carbocycles. The number of nitrogens with zero attached hydrogens (tertiary/aromatic N) is 3. The Labute approximate surface area is 122 Å². The number of nitrogens with one attached hydrogen (secondary N) is 1. The fourth-order valence-corrected chi connectivity index (χ4v) is 4.70. The maximum atomic E-state index is 12.4. The summed E-state index contributed by atoms with van der Waals surface area (Å²) < 4.78 is 26.2. The Morgan fingerprint density at radius 3 is 2.90 bits per heavy atom. The van der Waals surface area contributed by atoms with Crippen molar-refractivity contribution in [2.45, 2.75) is 37.4 Å². The average Bonchev–Trinajstić information content (AvgIpc) is 2.87. The van der Waals surface area contributed by atoms with Crippen LogP contribution in [0.25, 0.3) is 0 Å². The van der Waals surface area contributed by atoms with Crippen LogP contribution in [0.2, 0.25) is 0 Å². The quantitative estimate of drug-likeness (QED) is 0.845. The molecule has 2 heterocycles. The third kappa shape index (κ3) is 3.33. The number of hydrogen-bond donors (Lipinski definition) is 1.